The molecule has 0 saturated carbocycles. The molecule has 28 heavy (non-hydrogen) atoms. The summed E-state index contributed by atoms with van der Waals surface area (Å²) in [7, 11) is 0. The van der Waals surface area contributed by atoms with Crippen LogP contribution in [-0.2, 0) is 13.2 Å². The number of benzene rings is 2. The maximum atomic E-state index is 12.6. The number of rotatable bonds is 8. The van der Waals surface area contributed by atoms with Gasteiger partial charge in [-0.1, -0.05) is 42.5 Å². The third-order valence-electron chi connectivity index (χ3n) is 3.82. The normalized spacial score (nSPS) is 10.7. The van der Waals surface area contributed by atoms with Crippen LogP contribution in [0.1, 0.15) is 21.5 Å². The lowest BCUT2D eigenvalue weighted by molar-refractivity contribution is 0.0947. The van der Waals surface area contributed by atoms with Crippen LogP contribution in [0.15, 0.2) is 78.0 Å². The van der Waals surface area contributed by atoms with Crippen molar-refractivity contribution in [2.45, 2.75) is 23.9 Å². The monoisotopic (exact) mass is 400 g/mol. The molecule has 0 saturated heterocycles. The number of pyridine rings is 1. The molecule has 1 N–H and O–H groups in total. The van der Waals surface area contributed by atoms with Crippen molar-refractivity contribution < 1.29 is 18.3 Å². The third kappa shape index (κ3) is 5.79. The second-order valence-corrected chi connectivity index (χ2v) is 6.82. The van der Waals surface area contributed by atoms with E-state index in [4.69, 9.17) is 4.74 Å². The number of halogens is 2. The summed E-state index contributed by atoms with van der Waals surface area (Å²) in [5.41, 5.74) is 2.02. The molecule has 0 aliphatic carbocycles. The predicted octanol–water partition coefficient (Wildman–Crippen LogP) is 4.91. The van der Waals surface area contributed by atoms with E-state index in [-0.39, 0.29) is 28.9 Å². The van der Waals surface area contributed by atoms with Gasteiger partial charge in [0.1, 0.15) is 17.4 Å². The Morgan fingerprint density at radius 3 is 2.61 bits per heavy atom. The molecule has 0 spiro atoms. The molecular formula is C21H18F2N2O2S. The maximum absolute atomic E-state index is 12.6. The van der Waals surface area contributed by atoms with Gasteiger partial charge in [0.15, 0.2) is 0 Å². The van der Waals surface area contributed by atoms with Crippen LogP contribution in [-0.4, -0.2) is 16.6 Å². The van der Waals surface area contributed by atoms with Gasteiger partial charge in [-0.15, -0.1) is 0 Å². The lowest BCUT2D eigenvalue weighted by Crippen LogP contribution is -2.23. The van der Waals surface area contributed by atoms with Gasteiger partial charge in [0.2, 0.25) is 0 Å². The predicted molar refractivity (Wildman–Crippen MR) is 104 cm³/mol. The van der Waals surface area contributed by atoms with E-state index >= 15 is 0 Å². The number of hydrogen-bond donors (Lipinski definition) is 1. The van der Waals surface area contributed by atoms with E-state index in [1.165, 1.54) is 12.3 Å². The van der Waals surface area contributed by atoms with Crippen molar-refractivity contribution in [2.24, 2.45) is 0 Å². The second kappa shape index (κ2) is 9.85. The van der Waals surface area contributed by atoms with Crippen molar-refractivity contribution in [2.75, 3.05) is 0 Å². The maximum Gasteiger partial charge on any atom is 0.290 e. The number of carbonyl (C=O) groups is 1. The summed E-state index contributed by atoms with van der Waals surface area (Å²) < 4.78 is 31.0. The number of nitrogens with one attached hydrogen (secondary N) is 1. The Balaban J connectivity index is 1.60. The number of ether oxygens (including phenoxy) is 1. The standard InChI is InChI=1S/C21H18F2N2O2S/c22-21(23)28-20-18(10-5-11-24-20)19(26)25-13-16-8-4-9-17(12-16)27-14-15-6-2-1-3-7-15/h1-12,21H,13-14H2,(H,25,26). The Morgan fingerprint density at radius 1 is 1.04 bits per heavy atom. The zero-order valence-electron chi connectivity index (χ0n) is 14.8. The third-order valence-corrected chi connectivity index (χ3v) is 4.54. The smallest absolute Gasteiger partial charge is 0.290 e. The topological polar surface area (TPSA) is 51.2 Å². The largest absolute Gasteiger partial charge is 0.489 e. The highest BCUT2D eigenvalue weighted by atomic mass is 32.2. The molecule has 0 radical (unpaired) electrons. The SMILES string of the molecule is O=C(NCc1cccc(OCc2ccccc2)c1)c1cccnc1SC(F)F. The lowest BCUT2D eigenvalue weighted by atomic mass is 10.2. The zero-order chi connectivity index (χ0) is 19.8. The van der Waals surface area contributed by atoms with E-state index in [0.717, 1.165) is 11.1 Å². The van der Waals surface area contributed by atoms with Crippen molar-refractivity contribution in [3.05, 3.63) is 89.6 Å². The van der Waals surface area contributed by atoms with Crippen LogP contribution in [0.25, 0.3) is 0 Å². The Morgan fingerprint density at radius 2 is 1.82 bits per heavy atom. The minimum absolute atomic E-state index is 0.00921. The molecule has 144 valence electrons. The van der Waals surface area contributed by atoms with Crippen molar-refractivity contribution in [3.63, 3.8) is 0 Å². The molecule has 0 fully saturated rings. The molecule has 7 heteroatoms. The van der Waals surface area contributed by atoms with Gasteiger partial charge in [0.25, 0.3) is 11.7 Å². The first-order valence-electron chi connectivity index (χ1n) is 8.55. The number of thioether (sulfide) groups is 1. The average molecular weight is 400 g/mol. The summed E-state index contributed by atoms with van der Waals surface area (Å²) in [4.78, 5) is 16.2. The fraction of sp³-hybridized carbons (Fsp3) is 0.143. The first kappa shape index (κ1) is 19.8. The van der Waals surface area contributed by atoms with Crippen molar-refractivity contribution in [3.8, 4) is 5.75 Å². The summed E-state index contributed by atoms with van der Waals surface area (Å²) in [6.07, 6.45) is 1.38. The molecular weight excluding hydrogens is 382 g/mol. The Kier molecular flexibility index (Phi) is 6.97. The molecule has 4 nitrogen and oxygen atoms in total. The molecule has 0 unspecified atom stereocenters. The summed E-state index contributed by atoms with van der Waals surface area (Å²) in [6, 6.07) is 20.2. The quantitative estimate of drug-likeness (QED) is 0.546. The highest BCUT2D eigenvalue weighted by Gasteiger charge is 2.16. The van der Waals surface area contributed by atoms with Crippen LogP contribution in [0.4, 0.5) is 8.78 Å². The van der Waals surface area contributed by atoms with Crippen molar-refractivity contribution in [1.82, 2.24) is 10.3 Å². The minimum Gasteiger partial charge on any atom is -0.489 e. The van der Waals surface area contributed by atoms with E-state index in [0.29, 0.717) is 12.4 Å². The van der Waals surface area contributed by atoms with Crippen molar-refractivity contribution >= 4 is 17.7 Å². The second-order valence-electron chi connectivity index (χ2n) is 5.84. The Bertz CT molecular complexity index is 923. The number of aromatic nitrogens is 1. The number of alkyl halides is 2. The fourth-order valence-electron chi connectivity index (χ4n) is 2.51. The molecule has 1 heterocycles. The van der Waals surface area contributed by atoms with Gasteiger partial charge in [0.05, 0.1) is 5.56 Å². The number of carbonyl (C=O) groups excluding carboxylic acids is 1. The van der Waals surface area contributed by atoms with Gasteiger partial charge in [-0.05, 0) is 47.2 Å². The molecule has 1 aromatic heterocycles. The Hall–Kier alpha value is -2.93. The molecule has 3 rings (SSSR count). The van der Waals surface area contributed by atoms with Crippen molar-refractivity contribution in [1.29, 1.82) is 0 Å². The van der Waals surface area contributed by atoms with Gasteiger partial charge in [-0.3, -0.25) is 4.79 Å². The molecule has 0 aliphatic heterocycles. The van der Waals surface area contributed by atoms with Gasteiger partial charge in [0, 0.05) is 12.7 Å². The summed E-state index contributed by atoms with van der Waals surface area (Å²) in [5, 5.41) is 2.75. The minimum atomic E-state index is -2.64. The van der Waals surface area contributed by atoms with Gasteiger partial charge < -0.3 is 10.1 Å². The molecule has 0 bridgehead atoms. The first-order valence-corrected chi connectivity index (χ1v) is 9.43. The molecule has 1 amide bonds. The van der Waals surface area contributed by atoms with E-state index in [1.54, 1.807) is 6.07 Å². The molecule has 0 aliphatic rings. The fourth-order valence-corrected chi connectivity index (χ4v) is 3.08. The van der Waals surface area contributed by atoms with Crippen LogP contribution >= 0.6 is 11.8 Å². The number of amides is 1. The number of hydrogen-bond acceptors (Lipinski definition) is 4. The molecule has 3 aromatic rings. The number of nitrogens with zero attached hydrogens (tertiary/aromatic N) is 1. The summed E-state index contributed by atoms with van der Waals surface area (Å²) in [6.45, 7) is 0.690. The highest BCUT2D eigenvalue weighted by molar-refractivity contribution is 7.99. The van der Waals surface area contributed by atoms with E-state index in [1.807, 2.05) is 54.6 Å². The lowest BCUT2D eigenvalue weighted by Gasteiger charge is -2.10. The van der Waals surface area contributed by atoms with E-state index < -0.39 is 11.7 Å². The summed E-state index contributed by atoms with van der Waals surface area (Å²) >= 11 is 0.257. The van der Waals surface area contributed by atoms with Crippen LogP contribution in [0, 0.1) is 0 Å². The Labute approximate surface area is 166 Å². The van der Waals surface area contributed by atoms with Crippen LogP contribution in [0.2, 0.25) is 0 Å². The van der Waals surface area contributed by atoms with E-state index in [2.05, 4.69) is 10.3 Å². The van der Waals surface area contributed by atoms with Gasteiger partial charge >= 0.3 is 0 Å². The summed E-state index contributed by atoms with van der Waals surface area (Å²) in [5.74, 6) is -2.40. The average Bonchev–Trinajstić information content (AvgIpc) is 2.71. The molecule has 2 aromatic carbocycles. The zero-order valence-corrected chi connectivity index (χ0v) is 15.7. The molecule has 0 atom stereocenters. The first-order chi connectivity index (χ1) is 13.6. The van der Waals surface area contributed by atoms with Gasteiger partial charge in [-0.2, -0.15) is 8.78 Å². The van der Waals surface area contributed by atoms with Gasteiger partial charge in [-0.25, -0.2) is 4.98 Å². The van der Waals surface area contributed by atoms with Crippen LogP contribution in [0.3, 0.4) is 0 Å². The van der Waals surface area contributed by atoms with E-state index in [9.17, 15) is 13.6 Å². The van der Waals surface area contributed by atoms with Crippen LogP contribution < -0.4 is 10.1 Å². The highest BCUT2D eigenvalue weighted by Crippen LogP contribution is 2.26. The van der Waals surface area contributed by atoms with Crippen LogP contribution in [0.5, 0.6) is 5.75 Å².